The van der Waals surface area contributed by atoms with Gasteiger partial charge in [-0.05, 0) is 42.5 Å². The summed E-state index contributed by atoms with van der Waals surface area (Å²) >= 11 is 0. The van der Waals surface area contributed by atoms with Crippen molar-refractivity contribution >= 4 is 16.7 Å². The number of Topliss-reactive ketones (excluding diaryl/α,β-unsaturated/α-hetero) is 1. The van der Waals surface area contributed by atoms with Crippen molar-refractivity contribution in [1.29, 1.82) is 0 Å². The quantitative estimate of drug-likeness (QED) is 0.227. The normalized spacial score (nSPS) is 16.0. The zero-order valence-electron chi connectivity index (χ0n) is 23.8. The van der Waals surface area contributed by atoms with Gasteiger partial charge in [-0.3, -0.25) is 4.79 Å². The zero-order valence-corrected chi connectivity index (χ0v) is 23.8. The molecule has 2 atom stereocenters. The summed E-state index contributed by atoms with van der Waals surface area (Å²) in [6.07, 6.45) is 2.11. The lowest BCUT2D eigenvalue weighted by atomic mass is 9.76. The Morgan fingerprint density at radius 3 is 1.90 bits per heavy atom. The number of hydrogen-bond acceptors (Lipinski definition) is 3. The average molecular weight is 552 g/mol. The molecular weight excluding hydrogens is 518 g/mol. The number of benzene rings is 4. The second kappa shape index (κ2) is 10.3. The minimum Gasteiger partial charge on any atom is -0.386 e. The molecule has 5 heteroatoms. The number of imidazole rings is 1. The monoisotopic (exact) mass is 551 g/mol. The van der Waals surface area contributed by atoms with Crippen molar-refractivity contribution in [2.45, 2.75) is 31.4 Å². The number of para-hydroxylation sites is 1. The van der Waals surface area contributed by atoms with Gasteiger partial charge in [0.05, 0.1) is 17.9 Å². The van der Waals surface area contributed by atoms with Gasteiger partial charge in [0, 0.05) is 34.9 Å². The van der Waals surface area contributed by atoms with Gasteiger partial charge in [-0.2, -0.15) is 0 Å². The SMILES string of the molecule is Cc1c(C(O)C2CCc3c(c4ccccc4n3C)C2=O)ncn1C(c1ccccc1)(c1ccccc1)c1ccccc1. The van der Waals surface area contributed by atoms with Crippen LogP contribution >= 0.6 is 0 Å². The van der Waals surface area contributed by atoms with E-state index in [2.05, 4.69) is 88.0 Å². The summed E-state index contributed by atoms with van der Waals surface area (Å²) in [6.45, 7) is 2.01. The molecule has 1 aliphatic rings. The van der Waals surface area contributed by atoms with Crippen LogP contribution in [0.4, 0.5) is 0 Å². The minimum absolute atomic E-state index is 0.00468. The maximum absolute atomic E-state index is 14.0. The lowest BCUT2D eigenvalue weighted by Gasteiger charge is -2.38. The van der Waals surface area contributed by atoms with Gasteiger partial charge in [-0.15, -0.1) is 0 Å². The van der Waals surface area contributed by atoms with E-state index in [1.54, 1.807) is 0 Å². The summed E-state index contributed by atoms with van der Waals surface area (Å²) in [5, 5.41) is 12.8. The molecule has 5 nitrogen and oxygen atoms in total. The lowest BCUT2D eigenvalue weighted by Crippen LogP contribution is -2.38. The summed E-state index contributed by atoms with van der Waals surface area (Å²) in [7, 11) is 2.02. The molecule has 6 aromatic rings. The summed E-state index contributed by atoms with van der Waals surface area (Å²) in [6, 6.07) is 39.3. The summed E-state index contributed by atoms with van der Waals surface area (Å²) in [5.74, 6) is -0.570. The molecule has 0 aliphatic heterocycles. The number of aliphatic hydroxyl groups is 1. The van der Waals surface area contributed by atoms with E-state index in [0.717, 1.165) is 51.0 Å². The third-order valence-electron chi connectivity index (χ3n) is 9.15. The van der Waals surface area contributed by atoms with Gasteiger partial charge in [0.25, 0.3) is 0 Å². The molecule has 2 aromatic heterocycles. The Kier molecular flexibility index (Phi) is 6.40. The maximum Gasteiger partial charge on any atom is 0.171 e. The minimum atomic E-state index is -1.02. The van der Waals surface area contributed by atoms with Gasteiger partial charge < -0.3 is 14.2 Å². The second-order valence-corrected chi connectivity index (χ2v) is 11.2. The highest BCUT2D eigenvalue weighted by Crippen LogP contribution is 2.44. The molecule has 42 heavy (non-hydrogen) atoms. The summed E-state index contributed by atoms with van der Waals surface area (Å²) in [5.41, 5.74) is 6.72. The van der Waals surface area contributed by atoms with E-state index < -0.39 is 17.6 Å². The fraction of sp³-hybridized carbons (Fsp3) is 0.189. The van der Waals surface area contributed by atoms with Gasteiger partial charge in [-0.25, -0.2) is 4.98 Å². The highest BCUT2D eigenvalue weighted by Gasteiger charge is 2.42. The zero-order chi connectivity index (χ0) is 28.8. The van der Waals surface area contributed by atoms with E-state index in [1.165, 1.54) is 0 Å². The number of aromatic nitrogens is 3. The first-order valence-corrected chi connectivity index (χ1v) is 14.5. The molecule has 0 amide bonds. The van der Waals surface area contributed by atoms with Crippen molar-refractivity contribution in [2.75, 3.05) is 0 Å². The number of rotatable bonds is 6. The molecule has 208 valence electrons. The highest BCUT2D eigenvalue weighted by atomic mass is 16.3. The summed E-state index contributed by atoms with van der Waals surface area (Å²) in [4.78, 5) is 18.9. The molecule has 0 saturated carbocycles. The molecule has 0 spiro atoms. The van der Waals surface area contributed by atoms with Crippen molar-refractivity contribution in [3.05, 3.63) is 161 Å². The van der Waals surface area contributed by atoms with Gasteiger partial charge >= 0.3 is 0 Å². The van der Waals surface area contributed by atoms with E-state index in [0.29, 0.717) is 12.1 Å². The number of aliphatic hydroxyl groups excluding tert-OH is 1. The van der Waals surface area contributed by atoms with Crippen molar-refractivity contribution in [2.24, 2.45) is 13.0 Å². The molecule has 0 saturated heterocycles. The fourth-order valence-corrected chi connectivity index (χ4v) is 7.12. The highest BCUT2D eigenvalue weighted by molar-refractivity contribution is 6.11. The number of carbonyl (C=O) groups excluding carboxylic acids is 1. The number of hydrogen-bond donors (Lipinski definition) is 1. The third kappa shape index (κ3) is 3.81. The van der Waals surface area contributed by atoms with Crippen LogP contribution in [-0.4, -0.2) is 25.0 Å². The van der Waals surface area contributed by atoms with Gasteiger partial charge in [0.2, 0.25) is 0 Å². The van der Waals surface area contributed by atoms with Crippen molar-refractivity contribution in [3.8, 4) is 0 Å². The molecule has 1 aliphatic carbocycles. The Bertz CT molecular complexity index is 1790. The van der Waals surface area contributed by atoms with Crippen molar-refractivity contribution in [1.82, 2.24) is 14.1 Å². The molecule has 4 aromatic carbocycles. The van der Waals surface area contributed by atoms with Crippen LogP contribution < -0.4 is 0 Å². The summed E-state index contributed by atoms with van der Waals surface area (Å²) < 4.78 is 4.29. The molecule has 0 bridgehead atoms. The number of ketones is 1. The van der Waals surface area contributed by atoms with Crippen LogP contribution in [0.15, 0.2) is 122 Å². The first-order chi connectivity index (χ1) is 20.5. The van der Waals surface area contributed by atoms with Gasteiger partial charge in [0.1, 0.15) is 11.6 Å². The number of fused-ring (bicyclic) bond motifs is 3. The molecule has 7 rings (SSSR count). The Balaban J connectivity index is 1.38. The molecule has 0 fully saturated rings. The Morgan fingerprint density at radius 1 is 0.810 bits per heavy atom. The fourth-order valence-electron chi connectivity index (χ4n) is 7.12. The van der Waals surface area contributed by atoms with Gasteiger partial charge in [0.15, 0.2) is 5.78 Å². The smallest absolute Gasteiger partial charge is 0.171 e. The van der Waals surface area contributed by atoms with Crippen LogP contribution in [0.3, 0.4) is 0 Å². The van der Waals surface area contributed by atoms with Crippen LogP contribution in [-0.2, 0) is 19.0 Å². The van der Waals surface area contributed by atoms with Crippen molar-refractivity contribution < 1.29 is 9.90 Å². The lowest BCUT2D eigenvalue weighted by molar-refractivity contribution is 0.0623. The third-order valence-corrected chi connectivity index (χ3v) is 9.15. The van der Waals surface area contributed by atoms with E-state index in [1.807, 2.05) is 56.7 Å². The molecule has 2 heterocycles. The van der Waals surface area contributed by atoms with Crippen LogP contribution in [0.1, 0.15) is 56.7 Å². The van der Waals surface area contributed by atoms with Crippen LogP contribution in [0, 0.1) is 12.8 Å². The topological polar surface area (TPSA) is 60.1 Å². The Morgan fingerprint density at radius 2 is 1.33 bits per heavy atom. The molecule has 1 N–H and O–H groups in total. The Hall–Kier alpha value is -4.74. The van der Waals surface area contributed by atoms with Crippen LogP contribution in [0.2, 0.25) is 0 Å². The predicted molar refractivity (Wildman–Crippen MR) is 166 cm³/mol. The second-order valence-electron chi connectivity index (χ2n) is 11.2. The van der Waals surface area contributed by atoms with E-state index >= 15 is 0 Å². The van der Waals surface area contributed by atoms with Crippen LogP contribution in [0.5, 0.6) is 0 Å². The number of carbonyl (C=O) groups is 1. The largest absolute Gasteiger partial charge is 0.386 e. The predicted octanol–water partition coefficient (Wildman–Crippen LogP) is 7.00. The first kappa shape index (κ1) is 26.2. The first-order valence-electron chi connectivity index (χ1n) is 14.5. The molecule has 2 unspecified atom stereocenters. The van der Waals surface area contributed by atoms with Gasteiger partial charge in [-0.1, -0.05) is 109 Å². The Labute approximate surface area is 245 Å². The van der Waals surface area contributed by atoms with E-state index in [9.17, 15) is 9.90 Å². The van der Waals surface area contributed by atoms with E-state index in [-0.39, 0.29) is 5.78 Å². The molecular formula is C37H33N3O2. The average Bonchev–Trinajstić information content (AvgIpc) is 3.57. The van der Waals surface area contributed by atoms with E-state index in [4.69, 9.17) is 4.98 Å². The van der Waals surface area contributed by atoms with Crippen LogP contribution in [0.25, 0.3) is 10.9 Å². The maximum atomic E-state index is 14.0. The number of aryl methyl sites for hydroxylation is 1. The number of nitrogens with zero attached hydrogens (tertiary/aromatic N) is 3. The van der Waals surface area contributed by atoms with Crippen molar-refractivity contribution in [3.63, 3.8) is 0 Å². The standard InChI is InChI=1S/C37H33N3O2/c1-25-34(36(42)30-22-23-32-33(35(30)41)29-20-12-13-21-31(29)39(32)2)38-24-40(25)37(26-14-6-3-7-15-26,27-16-8-4-9-17-27)28-18-10-5-11-19-28/h3-21,24,30,36,42H,22-23H2,1-2H3. The molecule has 0 radical (unpaired) electrons.